The van der Waals surface area contributed by atoms with Crippen LogP contribution in [0.4, 0.5) is 0 Å². The Morgan fingerprint density at radius 2 is 1.78 bits per heavy atom. The van der Waals surface area contributed by atoms with Gasteiger partial charge in [0.2, 0.25) is 0 Å². The number of hydrogen-bond acceptors (Lipinski definition) is 4. The van der Waals surface area contributed by atoms with E-state index in [1.165, 1.54) is 19.3 Å². The number of carbonyl (C=O) groups is 1. The number of ether oxygens (including phenoxy) is 1. The average Bonchev–Trinajstić information content (AvgIpc) is 2.62. The highest BCUT2D eigenvalue weighted by Gasteiger charge is 2.28. The van der Waals surface area contributed by atoms with Gasteiger partial charge in [-0.2, -0.15) is 0 Å². The Morgan fingerprint density at radius 3 is 2.52 bits per heavy atom. The summed E-state index contributed by atoms with van der Waals surface area (Å²) < 4.78 is 5.52. The van der Waals surface area contributed by atoms with E-state index >= 15 is 0 Å². The molecule has 0 radical (unpaired) electrons. The minimum atomic E-state index is -1.16. The molecule has 1 heterocycles. The zero-order chi connectivity index (χ0) is 16.1. The molecule has 1 aromatic carbocycles. The maximum atomic E-state index is 12.4. The van der Waals surface area contributed by atoms with Gasteiger partial charge in [0.15, 0.2) is 6.10 Å². The lowest BCUT2D eigenvalue weighted by Gasteiger charge is -2.27. The zero-order valence-electron chi connectivity index (χ0n) is 13.7. The summed E-state index contributed by atoms with van der Waals surface area (Å²) in [6, 6.07) is 7.83. The van der Waals surface area contributed by atoms with Crippen LogP contribution in [0.5, 0.6) is 0 Å². The van der Waals surface area contributed by atoms with E-state index in [0.717, 1.165) is 49.9 Å². The molecule has 4 nitrogen and oxygen atoms in total. The largest absolute Gasteiger partial charge is 0.460 e. The molecule has 2 aliphatic rings. The molecular weight excluding hydrogens is 290 g/mol. The van der Waals surface area contributed by atoms with Crippen LogP contribution in [-0.4, -0.2) is 30.3 Å². The molecule has 1 unspecified atom stereocenters. The molecule has 0 bridgehead atoms. The number of carbonyl (C=O) groups excluding carboxylic acids is 1. The molecular formula is C19H27NO3. The van der Waals surface area contributed by atoms with Crippen molar-refractivity contribution < 1.29 is 14.6 Å². The Hall–Kier alpha value is -1.39. The molecule has 1 aliphatic carbocycles. The lowest BCUT2D eigenvalue weighted by atomic mass is 9.81. The zero-order valence-corrected chi connectivity index (χ0v) is 13.7. The van der Waals surface area contributed by atoms with Gasteiger partial charge in [0.05, 0.1) is 0 Å². The minimum absolute atomic E-state index is 0.0692. The van der Waals surface area contributed by atoms with E-state index in [-0.39, 0.29) is 6.10 Å². The summed E-state index contributed by atoms with van der Waals surface area (Å²) in [6.45, 7) is 1.74. The van der Waals surface area contributed by atoms with Crippen molar-refractivity contribution in [3.05, 3.63) is 35.4 Å². The lowest BCUT2D eigenvalue weighted by Crippen LogP contribution is -2.35. The molecule has 1 aromatic rings. The second kappa shape index (κ2) is 7.93. The molecule has 0 amide bonds. The van der Waals surface area contributed by atoms with Crippen LogP contribution in [0, 0.1) is 0 Å². The third-order valence-electron chi connectivity index (χ3n) is 5.13. The summed E-state index contributed by atoms with van der Waals surface area (Å²) in [5.74, 6) is -0.0403. The predicted molar refractivity (Wildman–Crippen MR) is 89.2 cm³/mol. The lowest BCUT2D eigenvalue weighted by molar-refractivity contribution is -0.160. The van der Waals surface area contributed by atoms with Gasteiger partial charge in [-0.15, -0.1) is 0 Å². The summed E-state index contributed by atoms with van der Waals surface area (Å²) in [4.78, 5) is 12.4. The first-order valence-corrected chi connectivity index (χ1v) is 8.94. The molecule has 2 fully saturated rings. The number of aliphatic hydroxyl groups excluding tert-OH is 1. The molecule has 0 spiro atoms. The standard InChI is InChI=1S/C19H27NO3/c21-18(19(22)23-15-10-12-20-13-11-15)17-9-5-4-8-16(17)14-6-2-1-3-7-14/h4-5,8-9,14-15,18,20-21H,1-3,6-7,10-13H2. The first kappa shape index (κ1) is 16.5. The van der Waals surface area contributed by atoms with Crippen molar-refractivity contribution in [1.29, 1.82) is 0 Å². The molecule has 126 valence electrons. The number of nitrogens with one attached hydrogen (secondary N) is 1. The van der Waals surface area contributed by atoms with E-state index in [2.05, 4.69) is 11.4 Å². The number of esters is 1. The molecule has 1 saturated heterocycles. The van der Waals surface area contributed by atoms with Gasteiger partial charge >= 0.3 is 5.97 Å². The van der Waals surface area contributed by atoms with Gasteiger partial charge in [-0.1, -0.05) is 43.5 Å². The van der Waals surface area contributed by atoms with E-state index < -0.39 is 12.1 Å². The van der Waals surface area contributed by atoms with Crippen molar-refractivity contribution >= 4 is 5.97 Å². The van der Waals surface area contributed by atoms with Crippen molar-refractivity contribution in [2.75, 3.05) is 13.1 Å². The van der Waals surface area contributed by atoms with Crippen molar-refractivity contribution in [3.63, 3.8) is 0 Å². The minimum Gasteiger partial charge on any atom is -0.460 e. The van der Waals surface area contributed by atoms with E-state index in [0.29, 0.717) is 5.92 Å². The number of hydrogen-bond donors (Lipinski definition) is 2. The summed E-state index contributed by atoms with van der Waals surface area (Å²) >= 11 is 0. The van der Waals surface area contributed by atoms with E-state index in [1.807, 2.05) is 18.2 Å². The summed E-state index contributed by atoms with van der Waals surface area (Å²) in [7, 11) is 0. The Bertz CT molecular complexity index is 519. The van der Waals surface area contributed by atoms with Gasteiger partial charge in [-0.3, -0.25) is 0 Å². The average molecular weight is 317 g/mol. The van der Waals surface area contributed by atoms with Crippen LogP contribution in [0.2, 0.25) is 0 Å². The third kappa shape index (κ3) is 4.12. The summed E-state index contributed by atoms with van der Waals surface area (Å²) in [5.41, 5.74) is 1.86. The van der Waals surface area contributed by atoms with E-state index in [1.54, 1.807) is 0 Å². The highest BCUT2D eigenvalue weighted by Crippen LogP contribution is 2.36. The van der Waals surface area contributed by atoms with E-state index in [9.17, 15) is 9.90 Å². The third-order valence-corrected chi connectivity index (χ3v) is 5.13. The van der Waals surface area contributed by atoms with Gasteiger partial charge in [0.1, 0.15) is 6.10 Å². The second-order valence-electron chi connectivity index (χ2n) is 6.75. The Balaban J connectivity index is 1.70. The fourth-order valence-electron chi connectivity index (χ4n) is 3.81. The Kier molecular flexibility index (Phi) is 5.68. The van der Waals surface area contributed by atoms with Crippen molar-refractivity contribution in [2.24, 2.45) is 0 Å². The smallest absolute Gasteiger partial charge is 0.339 e. The molecule has 1 aliphatic heterocycles. The van der Waals surface area contributed by atoms with Crippen LogP contribution in [0.25, 0.3) is 0 Å². The molecule has 3 rings (SSSR count). The molecule has 0 aromatic heterocycles. The maximum absolute atomic E-state index is 12.4. The van der Waals surface area contributed by atoms with Crippen LogP contribution in [0.1, 0.15) is 68.1 Å². The van der Waals surface area contributed by atoms with E-state index in [4.69, 9.17) is 4.74 Å². The van der Waals surface area contributed by atoms with Crippen LogP contribution >= 0.6 is 0 Å². The Morgan fingerprint density at radius 1 is 1.09 bits per heavy atom. The predicted octanol–water partition coefficient (Wildman–Crippen LogP) is 3.06. The number of piperidine rings is 1. The number of rotatable bonds is 4. The fourth-order valence-corrected chi connectivity index (χ4v) is 3.81. The fraction of sp³-hybridized carbons (Fsp3) is 0.632. The number of benzene rings is 1. The van der Waals surface area contributed by atoms with Crippen molar-refractivity contribution in [3.8, 4) is 0 Å². The monoisotopic (exact) mass is 317 g/mol. The van der Waals surface area contributed by atoms with Crippen LogP contribution < -0.4 is 5.32 Å². The topological polar surface area (TPSA) is 58.6 Å². The van der Waals surface area contributed by atoms with Crippen LogP contribution in [0.15, 0.2) is 24.3 Å². The Labute approximate surface area is 138 Å². The SMILES string of the molecule is O=C(OC1CCNCC1)C(O)c1ccccc1C1CCCCC1. The highest BCUT2D eigenvalue weighted by atomic mass is 16.6. The summed E-state index contributed by atoms with van der Waals surface area (Å²) in [5, 5.41) is 13.8. The van der Waals surface area contributed by atoms with Crippen LogP contribution in [-0.2, 0) is 9.53 Å². The highest BCUT2D eigenvalue weighted by molar-refractivity contribution is 5.77. The van der Waals surface area contributed by atoms with Gasteiger partial charge in [0, 0.05) is 0 Å². The van der Waals surface area contributed by atoms with Crippen LogP contribution in [0.3, 0.4) is 0 Å². The van der Waals surface area contributed by atoms with Crippen molar-refractivity contribution in [2.45, 2.75) is 63.1 Å². The number of aliphatic hydroxyl groups is 1. The molecule has 1 saturated carbocycles. The summed E-state index contributed by atoms with van der Waals surface area (Å²) in [6.07, 6.45) is 6.46. The van der Waals surface area contributed by atoms with Gasteiger partial charge in [0.25, 0.3) is 0 Å². The molecule has 23 heavy (non-hydrogen) atoms. The normalized spacial score (nSPS) is 21.8. The second-order valence-corrected chi connectivity index (χ2v) is 6.75. The quantitative estimate of drug-likeness (QED) is 0.838. The molecule has 1 atom stereocenters. The first-order chi connectivity index (χ1) is 11.3. The first-order valence-electron chi connectivity index (χ1n) is 8.94. The van der Waals surface area contributed by atoms with Gasteiger partial charge < -0.3 is 15.2 Å². The molecule has 4 heteroatoms. The molecule has 2 N–H and O–H groups in total. The van der Waals surface area contributed by atoms with Gasteiger partial charge in [-0.25, -0.2) is 4.79 Å². The van der Waals surface area contributed by atoms with Crippen molar-refractivity contribution in [1.82, 2.24) is 5.32 Å². The van der Waals surface area contributed by atoms with Gasteiger partial charge in [-0.05, 0) is 55.8 Å². The maximum Gasteiger partial charge on any atom is 0.339 e.